The molecule has 0 spiro atoms. The molecule has 3 heterocycles. The second kappa shape index (κ2) is 11.7. The van der Waals surface area contributed by atoms with Gasteiger partial charge in [0.15, 0.2) is 0 Å². The highest BCUT2D eigenvalue weighted by Crippen LogP contribution is 2.31. The Bertz CT molecular complexity index is 1440. The van der Waals surface area contributed by atoms with Crippen molar-refractivity contribution in [2.45, 2.75) is 63.5 Å². The third kappa shape index (κ3) is 6.93. The molecule has 2 aliphatic rings. The predicted molar refractivity (Wildman–Crippen MR) is 154 cm³/mol. The van der Waals surface area contributed by atoms with Crippen LogP contribution < -0.4 is 10.1 Å². The predicted octanol–water partition coefficient (Wildman–Crippen LogP) is 3.58. The third-order valence-electron chi connectivity index (χ3n) is 8.06. The van der Waals surface area contributed by atoms with Gasteiger partial charge in [0, 0.05) is 49.1 Å². The molecule has 3 aromatic rings. The number of ether oxygens (including phenoxy) is 1. The monoisotopic (exact) mass is 569 g/mol. The second-order valence-corrected chi connectivity index (χ2v) is 13.7. The molecule has 1 saturated carbocycles. The molecule has 1 amide bonds. The summed E-state index contributed by atoms with van der Waals surface area (Å²) in [5, 5.41) is 14.6. The van der Waals surface area contributed by atoms with Gasteiger partial charge < -0.3 is 24.6 Å². The molecule has 0 bridgehead atoms. The van der Waals surface area contributed by atoms with Crippen LogP contribution in [0.1, 0.15) is 51.9 Å². The first-order valence-electron chi connectivity index (χ1n) is 14.1. The van der Waals surface area contributed by atoms with Gasteiger partial charge in [-0.2, -0.15) is 4.98 Å². The normalized spacial score (nSPS) is 21.3. The molecule has 2 N–H and O–H groups in total. The molecule has 2 fully saturated rings. The van der Waals surface area contributed by atoms with Gasteiger partial charge in [-0.05, 0) is 76.1 Å². The Hall–Kier alpha value is -3.18. The summed E-state index contributed by atoms with van der Waals surface area (Å²) < 4.78 is 30.7. The lowest BCUT2D eigenvalue weighted by atomic mass is 9.84. The van der Waals surface area contributed by atoms with Crippen molar-refractivity contribution >= 4 is 32.6 Å². The smallest absolute Gasteiger partial charge is 0.225 e. The van der Waals surface area contributed by atoms with Crippen LogP contribution in [0.3, 0.4) is 0 Å². The fraction of sp³-hybridized carbons (Fsp3) is 0.552. The number of piperidine rings is 1. The van der Waals surface area contributed by atoms with Crippen LogP contribution in [-0.4, -0.2) is 82.2 Å². The highest BCUT2D eigenvalue weighted by molar-refractivity contribution is 7.90. The number of nitrogens with one attached hydrogen (secondary N) is 1. The van der Waals surface area contributed by atoms with E-state index in [9.17, 15) is 18.3 Å². The van der Waals surface area contributed by atoms with Gasteiger partial charge in [-0.1, -0.05) is 6.07 Å². The van der Waals surface area contributed by atoms with Crippen LogP contribution in [0.5, 0.6) is 5.75 Å². The van der Waals surface area contributed by atoms with Crippen LogP contribution in [0.4, 0.5) is 5.95 Å². The zero-order chi connectivity index (χ0) is 28.3. The van der Waals surface area contributed by atoms with E-state index < -0.39 is 15.4 Å². The molecule has 1 aromatic carbocycles. The van der Waals surface area contributed by atoms with E-state index in [2.05, 4.69) is 10.3 Å². The highest BCUT2D eigenvalue weighted by Gasteiger charge is 2.34. The summed E-state index contributed by atoms with van der Waals surface area (Å²) in [6.45, 7) is 3.44. The van der Waals surface area contributed by atoms with Crippen molar-refractivity contribution in [1.29, 1.82) is 0 Å². The molecule has 2 aromatic heterocycles. The molecular weight excluding hydrogens is 530 g/mol. The number of amides is 1. The average Bonchev–Trinajstić information content (AvgIpc) is 3.36. The lowest BCUT2D eigenvalue weighted by Gasteiger charge is -2.38. The molecule has 0 atom stereocenters. The van der Waals surface area contributed by atoms with Crippen molar-refractivity contribution in [3.05, 3.63) is 42.7 Å². The fourth-order valence-corrected chi connectivity index (χ4v) is 6.30. The molecule has 1 aliphatic carbocycles. The molecule has 1 saturated heterocycles. The highest BCUT2D eigenvalue weighted by atomic mass is 32.2. The van der Waals surface area contributed by atoms with E-state index in [0.29, 0.717) is 50.7 Å². The van der Waals surface area contributed by atoms with Gasteiger partial charge in [-0.15, -0.1) is 0 Å². The Kier molecular flexibility index (Phi) is 8.32. The number of fused-ring (bicyclic) bond motifs is 1. The maximum atomic E-state index is 13.0. The minimum atomic E-state index is -3.01. The van der Waals surface area contributed by atoms with E-state index in [0.717, 1.165) is 42.4 Å². The van der Waals surface area contributed by atoms with E-state index in [4.69, 9.17) is 9.72 Å². The summed E-state index contributed by atoms with van der Waals surface area (Å²) >= 11 is 0. The van der Waals surface area contributed by atoms with Crippen molar-refractivity contribution in [2.75, 3.05) is 37.0 Å². The zero-order valence-electron chi connectivity index (χ0n) is 23.3. The quantitative estimate of drug-likeness (QED) is 0.375. The SMILES string of the molecule is CC1(O)CCN(C(=O)[C@H]2CC[C@H](Nc3nccc(-n4ccc5c(OCCCS(C)(=O)=O)cccc54)n3)CC2)CC1. The number of carbonyl (C=O) groups excluding carboxylic acids is 1. The number of likely N-dealkylation sites (tertiary alicyclic amines) is 1. The minimum Gasteiger partial charge on any atom is -0.493 e. The third-order valence-corrected chi connectivity index (χ3v) is 9.09. The number of rotatable bonds is 9. The van der Waals surface area contributed by atoms with E-state index in [1.54, 1.807) is 6.20 Å². The standard InChI is InChI=1S/C29H39N5O5S/c1-29(36)13-17-33(18-14-29)27(35)21-7-9-22(10-8-21)31-28-30-15-11-26(32-28)34-16-12-23-24(34)5-3-6-25(23)39-19-4-20-40(2,37)38/h3,5-6,11-12,15-16,21-22,36H,4,7-10,13-14,17-20H2,1-2H3,(H,30,31,32)/t21-,22-. The van der Waals surface area contributed by atoms with Crippen LogP contribution >= 0.6 is 0 Å². The zero-order valence-corrected chi connectivity index (χ0v) is 24.1. The Morgan fingerprint density at radius 1 is 1.15 bits per heavy atom. The molecule has 11 heteroatoms. The summed E-state index contributed by atoms with van der Waals surface area (Å²) in [5.74, 6) is 2.36. The number of aromatic nitrogens is 3. The summed E-state index contributed by atoms with van der Waals surface area (Å²) in [7, 11) is -3.01. The Balaban J connectivity index is 1.19. The van der Waals surface area contributed by atoms with Gasteiger partial charge in [-0.3, -0.25) is 4.79 Å². The number of hydrogen-bond acceptors (Lipinski definition) is 8. The first kappa shape index (κ1) is 28.4. The number of hydrogen-bond donors (Lipinski definition) is 2. The van der Waals surface area contributed by atoms with Gasteiger partial charge in [0.1, 0.15) is 21.4 Å². The van der Waals surface area contributed by atoms with Crippen molar-refractivity contribution < 1.29 is 23.1 Å². The largest absolute Gasteiger partial charge is 0.493 e. The van der Waals surface area contributed by atoms with Gasteiger partial charge in [-0.25, -0.2) is 13.4 Å². The van der Waals surface area contributed by atoms with Gasteiger partial charge in [0.2, 0.25) is 11.9 Å². The molecule has 0 unspecified atom stereocenters. The summed E-state index contributed by atoms with van der Waals surface area (Å²) in [5.41, 5.74) is 0.278. The van der Waals surface area contributed by atoms with E-state index in [1.807, 2.05) is 52.9 Å². The molecule has 10 nitrogen and oxygen atoms in total. The first-order valence-corrected chi connectivity index (χ1v) is 16.2. The minimum absolute atomic E-state index is 0.0439. The maximum absolute atomic E-state index is 13.0. The van der Waals surface area contributed by atoms with E-state index in [1.165, 1.54) is 6.26 Å². The molecule has 0 radical (unpaired) electrons. The van der Waals surface area contributed by atoms with E-state index in [-0.39, 0.29) is 23.6 Å². The summed E-state index contributed by atoms with van der Waals surface area (Å²) in [6.07, 6.45) is 10.0. The van der Waals surface area contributed by atoms with Crippen molar-refractivity contribution in [3.8, 4) is 11.6 Å². The number of aliphatic hydroxyl groups is 1. The second-order valence-electron chi connectivity index (χ2n) is 11.5. The van der Waals surface area contributed by atoms with Crippen LogP contribution in [-0.2, 0) is 14.6 Å². The van der Waals surface area contributed by atoms with E-state index >= 15 is 0 Å². The lowest BCUT2D eigenvalue weighted by molar-refractivity contribution is -0.140. The van der Waals surface area contributed by atoms with Gasteiger partial charge in [0.25, 0.3) is 0 Å². The molecule has 1 aliphatic heterocycles. The van der Waals surface area contributed by atoms with Crippen LogP contribution in [0.2, 0.25) is 0 Å². The molecule has 5 rings (SSSR count). The van der Waals surface area contributed by atoms with Crippen molar-refractivity contribution in [3.63, 3.8) is 0 Å². The van der Waals surface area contributed by atoms with Crippen molar-refractivity contribution in [2.24, 2.45) is 5.92 Å². The number of sulfone groups is 1. The topological polar surface area (TPSA) is 127 Å². The van der Waals surface area contributed by atoms with Gasteiger partial charge >= 0.3 is 0 Å². The molecule has 216 valence electrons. The lowest BCUT2D eigenvalue weighted by Crippen LogP contribution is -2.47. The summed E-state index contributed by atoms with van der Waals surface area (Å²) in [6, 6.07) is 9.83. The first-order chi connectivity index (χ1) is 19.1. The fourth-order valence-electron chi connectivity index (χ4n) is 5.66. The Morgan fingerprint density at radius 3 is 2.62 bits per heavy atom. The Morgan fingerprint density at radius 2 is 1.90 bits per heavy atom. The number of carbonyl (C=O) groups is 1. The van der Waals surface area contributed by atoms with Crippen molar-refractivity contribution in [1.82, 2.24) is 19.4 Å². The summed E-state index contributed by atoms with van der Waals surface area (Å²) in [4.78, 5) is 24.2. The molecule has 40 heavy (non-hydrogen) atoms. The number of benzene rings is 1. The Labute approximate surface area is 235 Å². The van der Waals surface area contributed by atoms with Crippen LogP contribution in [0.15, 0.2) is 42.7 Å². The molecular formula is C29H39N5O5S. The van der Waals surface area contributed by atoms with Gasteiger partial charge in [0.05, 0.1) is 23.5 Å². The van der Waals surface area contributed by atoms with Crippen LogP contribution in [0.25, 0.3) is 16.7 Å². The van der Waals surface area contributed by atoms with Crippen LogP contribution in [0, 0.1) is 5.92 Å². The average molecular weight is 570 g/mol. The number of anilines is 1. The maximum Gasteiger partial charge on any atom is 0.225 e. The number of nitrogens with zero attached hydrogens (tertiary/aromatic N) is 4.